The Morgan fingerprint density at radius 1 is 1.29 bits per heavy atom. The molecule has 0 unspecified atom stereocenters. The Hall–Kier alpha value is -1.22. The van der Waals surface area contributed by atoms with E-state index < -0.39 is 0 Å². The summed E-state index contributed by atoms with van der Waals surface area (Å²) in [6.07, 6.45) is 5.46. The molecule has 4 heteroatoms. The quantitative estimate of drug-likeness (QED) is 0.649. The van der Waals surface area contributed by atoms with Crippen molar-refractivity contribution in [3.8, 4) is 0 Å². The maximum absolute atomic E-state index is 11.9. The molecule has 1 aromatic rings. The predicted molar refractivity (Wildman–Crippen MR) is 68.2 cm³/mol. The number of carbonyl (C=O) groups excluding carboxylic acids is 1. The van der Waals surface area contributed by atoms with Gasteiger partial charge in [-0.05, 0) is 43.9 Å². The fourth-order valence-electron chi connectivity index (χ4n) is 2.12. The largest absolute Gasteiger partial charge is 0.459 e. The number of nitrogens with two attached hydrogens (primary N) is 1. The van der Waals surface area contributed by atoms with Crippen LogP contribution in [0.3, 0.4) is 0 Å². The molecule has 17 heavy (non-hydrogen) atoms. The van der Waals surface area contributed by atoms with Crippen LogP contribution in [0.15, 0.2) is 18.2 Å². The first-order valence-corrected chi connectivity index (χ1v) is 6.30. The highest BCUT2D eigenvalue weighted by Crippen LogP contribution is 2.24. The number of anilines is 1. The minimum Gasteiger partial charge on any atom is -0.459 e. The molecule has 0 aromatic heterocycles. The summed E-state index contributed by atoms with van der Waals surface area (Å²) in [4.78, 5) is 11.9. The first-order chi connectivity index (χ1) is 8.16. The first-order valence-electron chi connectivity index (χ1n) is 5.93. The van der Waals surface area contributed by atoms with E-state index in [9.17, 15) is 4.79 Å². The van der Waals surface area contributed by atoms with Crippen molar-refractivity contribution in [1.29, 1.82) is 0 Å². The van der Waals surface area contributed by atoms with Crippen LogP contribution in [-0.2, 0) is 4.74 Å². The van der Waals surface area contributed by atoms with Crippen LogP contribution in [0.1, 0.15) is 42.5 Å². The first kappa shape index (κ1) is 12.2. The van der Waals surface area contributed by atoms with Gasteiger partial charge in [0.25, 0.3) is 0 Å². The SMILES string of the molecule is Nc1cc(Cl)ccc1C(=O)OC1CCCCC1. The fraction of sp³-hybridized carbons (Fsp3) is 0.462. The molecular formula is C13H16ClNO2. The Balaban J connectivity index is 2.03. The predicted octanol–water partition coefficient (Wildman–Crippen LogP) is 3.41. The van der Waals surface area contributed by atoms with Crippen LogP contribution in [0.5, 0.6) is 0 Å². The van der Waals surface area contributed by atoms with Crippen LogP contribution in [-0.4, -0.2) is 12.1 Å². The molecule has 1 aliphatic carbocycles. The molecule has 0 radical (unpaired) electrons. The number of halogens is 1. The Bertz CT molecular complexity index is 414. The molecule has 3 nitrogen and oxygen atoms in total. The zero-order chi connectivity index (χ0) is 12.3. The summed E-state index contributed by atoms with van der Waals surface area (Å²) in [6, 6.07) is 4.83. The van der Waals surface area contributed by atoms with E-state index >= 15 is 0 Å². The molecule has 1 saturated carbocycles. The zero-order valence-electron chi connectivity index (χ0n) is 9.62. The highest BCUT2D eigenvalue weighted by molar-refractivity contribution is 6.31. The van der Waals surface area contributed by atoms with Crippen LogP contribution in [0.25, 0.3) is 0 Å². The number of rotatable bonds is 2. The number of carbonyl (C=O) groups is 1. The van der Waals surface area contributed by atoms with Gasteiger partial charge in [-0.25, -0.2) is 4.79 Å². The number of ether oxygens (including phenoxy) is 1. The van der Waals surface area contributed by atoms with Gasteiger partial charge in [0.05, 0.1) is 5.56 Å². The van der Waals surface area contributed by atoms with Gasteiger partial charge in [-0.1, -0.05) is 18.0 Å². The van der Waals surface area contributed by atoms with E-state index in [0.717, 1.165) is 25.7 Å². The molecule has 0 bridgehead atoms. The van der Waals surface area contributed by atoms with Crippen LogP contribution in [0.4, 0.5) is 5.69 Å². The number of benzene rings is 1. The second kappa shape index (κ2) is 5.41. The lowest BCUT2D eigenvalue weighted by Gasteiger charge is -2.22. The minimum absolute atomic E-state index is 0.0475. The van der Waals surface area contributed by atoms with Crippen LogP contribution in [0.2, 0.25) is 5.02 Å². The molecule has 0 amide bonds. The smallest absolute Gasteiger partial charge is 0.340 e. The van der Waals surface area contributed by atoms with Crippen molar-refractivity contribution >= 4 is 23.3 Å². The van der Waals surface area contributed by atoms with Gasteiger partial charge in [-0.2, -0.15) is 0 Å². The summed E-state index contributed by atoms with van der Waals surface area (Å²) in [6.45, 7) is 0. The Morgan fingerprint density at radius 3 is 2.65 bits per heavy atom. The number of esters is 1. The summed E-state index contributed by atoms with van der Waals surface area (Å²) >= 11 is 5.78. The number of hydrogen-bond acceptors (Lipinski definition) is 3. The van der Waals surface area contributed by atoms with Gasteiger partial charge in [-0.3, -0.25) is 0 Å². The van der Waals surface area contributed by atoms with Gasteiger partial charge >= 0.3 is 5.97 Å². The van der Waals surface area contributed by atoms with Crippen LogP contribution >= 0.6 is 11.6 Å². The summed E-state index contributed by atoms with van der Waals surface area (Å²) < 4.78 is 5.44. The van der Waals surface area contributed by atoms with Crippen molar-refractivity contribution < 1.29 is 9.53 Å². The maximum Gasteiger partial charge on any atom is 0.340 e. The summed E-state index contributed by atoms with van der Waals surface area (Å²) in [5, 5.41) is 0.525. The van der Waals surface area contributed by atoms with E-state index in [2.05, 4.69) is 0 Å². The zero-order valence-corrected chi connectivity index (χ0v) is 10.4. The Kier molecular flexibility index (Phi) is 3.89. The molecular weight excluding hydrogens is 238 g/mol. The highest BCUT2D eigenvalue weighted by Gasteiger charge is 2.20. The van der Waals surface area contributed by atoms with E-state index in [0.29, 0.717) is 16.3 Å². The highest BCUT2D eigenvalue weighted by atomic mass is 35.5. The van der Waals surface area contributed by atoms with Crippen molar-refractivity contribution in [3.63, 3.8) is 0 Å². The lowest BCUT2D eigenvalue weighted by Crippen LogP contribution is -2.21. The van der Waals surface area contributed by atoms with Crippen molar-refractivity contribution in [2.24, 2.45) is 0 Å². The monoisotopic (exact) mass is 253 g/mol. The standard InChI is InChI=1S/C13H16ClNO2/c14-9-6-7-11(12(15)8-9)13(16)17-10-4-2-1-3-5-10/h6-8,10H,1-5,15H2. The van der Waals surface area contributed by atoms with E-state index in [1.54, 1.807) is 18.2 Å². The molecule has 0 heterocycles. The molecule has 92 valence electrons. The molecule has 0 saturated heterocycles. The van der Waals surface area contributed by atoms with Gasteiger partial charge in [0, 0.05) is 10.7 Å². The van der Waals surface area contributed by atoms with E-state index in [4.69, 9.17) is 22.1 Å². The summed E-state index contributed by atoms with van der Waals surface area (Å²) in [5.74, 6) is -0.342. The van der Waals surface area contributed by atoms with Crippen molar-refractivity contribution in [3.05, 3.63) is 28.8 Å². The lowest BCUT2D eigenvalue weighted by atomic mass is 9.98. The molecule has 0 atom stereocenters. The van der Waals surface area contributed by atoms with Gasteiger partial charge < -0.3 is 10.5 Å². The lowest BCUT2D eigenvalue weighted by molar-refractivity contribution is 0.0212. The maximum atomic E-state index is 11.9. The van der Waals surface area contributed by atoms with E-state index in [-0.39, 0.29) is 12.1 Å². The average molecular weight is 254 g/mol. The second-order valence-corrected chi connectivity index (χ2v) is 4.83. The van der Waals surface area contributed by atoms with Crippen molar-refractivity contribution in [2.45, 2.75) is 38.2 Å². The molecule has 1 fully saturated rings. The average Bonchev–Trinajstić information content (AvgIpc) is 2.30. The third-order valence-electron chi connectivity index (χ3n) is 3.06. The summed E-state index contributed by atoms with van der Waals surface area (Å²) in [5.41, 5.74) is 6.52. The summed E-state index contributed by atoms with van der Waals surface area (Å²) in [7, 11) is 0. The van der Waals surface area contributed by atoms with E-state index in [1.807, 2.05) is 0 Å². The van der Waals surface area contributed by atoms with Gasteiger partial charge in [0.2, 0.25) is 0 Å². The molecule has 0 spiro atoms. The topological polar surface area (TPSA) is 52.3 Å². The molecule has 2 N–H and O–H groups in total. The fourth-order valence-corrected chi connectivity index (χ4v) is 2.30. The minimum atomic E-state index is -0.342. The molecule has 2 rings (SSSR count). The third kappa shape index (κ3) is 3.13. The van der Waals surface area contributed by atoms with Crippen molar-refractivity contribution in [2.75, 3.05) is 5.73 Å². The van der Waals surface area contributed by atoms with Gasteiger partial charge in [0.1, 0.15) is 6.10 Å². The van der Waals surface area contributed by atoms with Crippen LogP contribution in [0, 0.1) is 0 Å². The number of hydrogen-bond donors (Lipinski definition) is 1. The Morgan fingerprint density at radius 2 is 2.00 bits per heavy atom. The number of nitrogen functional groups attached to an aromatic ring is 1. The van der Waals surface area contributed by atoms with Gasteiger partial charge in [-0.15, -0.1) is 0 Å². The van der Waals surface area contributed by atoms with Gasteiger partial charge in [0.15, 0.2) is 0 Å². The normalized spacial score (nSPS) is 16.8. The van der Waals surface area contributed by atoms with Crippen LogP contribution < -0.4 is 5.73 Å². The van der Waals surface area contributed by atoms with Crippen molar-refractivity contribution in [1.82, 2.24) is 0 Å². The second-order valence-electron chi connectivity index (χ2n) is 4.40. The molecule has 0 aliphatic heterocycles. The third-order valence-corrected chi connectivity index (χ3v) is 3.29. The Labute approximate surface area is 106 Å². The van der Waals surface area contributed by atoms with E-state index in [1.165, 1.54) is 6.42 Å². The molecule has 1 aliphatic rings. The molecule has 1 aromatic carbocycles.